The first kappa shape index (κ1) is 6.78. The van der Waals surface area contributed by atoms with Crippen LogP contribution in [-0.4, -0.2) is 18.0 Å². The van der Waals surface area contributed by atoms with Crippen LogP contribution >= 0.6 is 0 Å². The highest BCUT2D eigenvalue weighted by Crippen LogP contribution is 2.31. The molecule has 2 unspecified atom stereocenters. The van der Waals surface area contributed by atoms with E-state index >= 15 is 0 Å². The van der Waals surface area contributed by atoms with E-state index in [1.54, 1.807) is 0 Å². The van der Waals surface area contributed by atoms with E-state index in [-0.39, 0.29) is 5.41 Å². The standard InChI is InChI=1S/C7H12O2/c1-3-7(2)4-6(8)9-5-7/h3,6,8H,1,4-5H2,2H3. The second-order valence-electron chi connectivity index (χ2n) is 2.83. The average Bonchev–Trinajstić information content (AvgIpc) is 2.13. The molecule has 0 aromatic carbocycles. The van der Waals surface area contributed by atoms with Crippen LogP contribution in [0.3, 0.4) is 0 Å². The molecule has 2 heteroatoms. The molecule has 1 aliphatic rings. The molecule has 1 N–H and O–H groups in total. The summed E-state index contributed by atoms with van der Waals surface area (Å²) in [7, 11) is 0. The van der Waals surface area contributed by atoms with Crippen molar-refractivity contribution in [1.29, 1.82) is 0 Å². The molecular formula is C7H12O2. The van der Waals surface area contributed by atoms with Crippen molar-refractivity contribution in [1.82, 2.24) is 0 Å². The molecule has 0 bridgehead atoms. The maximum absolute atomic E-state index is 8.93. The van der Waals surface area contributed by atoms with Crippen molar-refractivity contribution < 1.29 is 9.84 Å². The van der Waals surface area contributed by atoms with Crippen LogP contribution in [0.5, 0.6) is 0 Å². The molecule has 0 spiro atoms. The smallest absolute Gasteiger partial charge is 0.155 e. The Morgan fingerprint density at radius 1 is 1.89 bits per heavy atom. The van der Waals surface area contributed by atoms with Gasteiger partial charge in [-0.25, -0.2) is 0 Å². The van der Waals surface area contributed by atoms with E-state index in [2.05, 4.69) is 6.58 Å². The largest absolute Gasteiger partial charge is 0.368 e. The first-order valence-electron chi connectivity index (χ1n) is 3.09. The van der Waals surface area contributed by atoms with Gasteiger partial charge in [0, 0.05) is 11.8 Å². The van der Waals surface area contributed by atoms with Gasteiger partial charge < -0.3 is 9.84 Å². The summed E-state index contributed by atoms with van der Waals surface area (Å²) in [5.74, 6) is 0. The van der Waals surface area contributed by atoms with Gasteiger partial charge >= 0.3 is 0 Å². The Morgan fingerprint density at radius 3 is 2.78 bits per heavy atom. The average molecular weight is 128 g/mol. The van der Waals surface area contributed by atoms with Crippen molar-refractivity contribution in [2.24, 2.45) is 5.41 Å². The summed E-state index contributed by atoms with van der Waals surface area (Å²) in [6, 6.07) is 0. The van der Waals surface area contributed by atoms with Crippen molar-refractivity contribution in [2.75, 3.05) is 6.61 Å². The van der Waals surface area contributed by atoms with Gasteiger partial charge in [-0.15, -0.1) is 6.58 Å². The topological polar surface area (TPSA) is 29.5 Å². The van der Waals surface area contributed by atoms with Crippen LogP contribution in [0.15, 0.2) is 12.7 Å². The minimum Gasteiger partial charge on any atom is -0.368 e. The van der Waals surface area contributed by atoms with Gasteiger partial charge in [0.15, 0.2) is 6.29 Å². The summed E-state index contributed by atoms with van der Waals surface area (Å²) in [4.78, 5) is 0. The van der Waals surface area contributed by atoms with Gasteiger partial charge in [0.25, 0.3) is 0 Å². The molecule has 1 heterocycles. The maximum Gasteiger partial charge on any atom is 0.155 e. The van der Waals surface area contributed by atoms with E-state index in [1.165, 1.54) is 0 Å². The summed E-state index contributed by atoms with van der Waals surface area (Å²) in [6.07, 6.45) is 1.94. The van der Waals surface area contributed by atoms with Crippen LogP contribution in [0.25, 0.3) is 0 Å². The third kappa shape index (κ3) is 1.32. The second kappa shape index (κ2) is 2.12. The molecule has 0 aromatic rings. The Bertz CT molecular complexity index is 122. The fraction of sp³-hybridized carbons (Fsp3) is 0.714. The van der Waals surface area contributed by atoms with Gasteiger partial charge in [-0.2, -0.15) is 0 Å². The summed E-state index contributed by atoms with van der Waals surface area (Å²) in [5, 5.41) is 8.93. The molecule has 0 aromatic heterocycles. The quantitative estimate of drug-likeness (QED) is 0.532. The molecule has 1 rings (SSSR count). The van der Waals surface area contributed by atoms with E-state index in [9.17, 15) is 0 Å². The number of ether oxygens (including phenoxy) is 1. The highest BCUT2D eigenvalue weighted by Gasteiger charge is 2.31. The fourth-order valence-corrected chi connectivity index (χ4v) is 0.946. The summed E-state index contributed by atoms with van der Waals surface area (Å²) in [5.41, 5.74) is -0.000579. The lowest BCUT2D eigenvalue weighted by molar-refractivity contribution is -0.0593. The van der Waals surface area contributed by atoms with Crippen molar-refractivity contribution >= 4 is 0 Å². The monoisotopic (exact) mass is 128 g/mol. The zero-order chi connectivity index (χ0) is 6.91. The third-order valence-electron chi connectivity index (χ3n) is 1.74. The SMILES string of the molecule is C=CC1(C)COC(O)C1. The predicted octanol–water partition coefficient (Wildman–Crippen LogP) is 0.917. The Balaban J connectivity index is 2.54. The number of rotatable bonds is 1. The van der Waals surface area contributed by atoms with Crippen LogP contribution in [0, 0.1) is 5.41 Å². The maximum atomic E-state index is 8.93. The number of hydrogen-bond acceptors (Lipinski definition) is 2. The van der Waals surface area contributed by atoms with Gasteiger partial charge in [0.05, 0.1) is 6.61 Å². The van der Waals surface area contributed by atoms with E-state index in [0.717, 1.165) is 0 Å². The van der Waals surface area contributed by atoms with Crippen molar-refractivity contribution in [2.45, 2.75) is 19.6 Å². The normalized spacial score (nSPS) is 43.1. The lowest BCUT2D eigenvalue weighted by atomic mass is 9.90. The molecule has 1 aliphatic heterocycles. The molecule has 1 fully saturated rings. The molecule has 0 saturated carbocycles. The van der Waals surface area contributed by atoms with Crippen molar-refractivity contribution in [3.05, 3.63) is 12.7 Å². The first-order valence-corrected chi connectivity index (χ1v) is 3.09. The molecule has 0 radical (unpaired) electrons. The second-order valence-corrected chi connectivity index (χ2v) is 2.83. The molecule has 9 heavy (non-hydrogen) atoms. The molecule has 0 amide bonds. The van der Waals surface area contributed by atoms with E-state index in [4.69, 9.17) is 9.84 Å². The predicted molar refractivity (Wildman–Crippen MR) is 34.9 cm³/mol. The highest BCUT2D eigenvalue weighted by molar-refractivity contribution is 4.94. The molecule has 2 nitrogen and oxygen atoms in total. The Labute approximate surface area is 55.1 Å². The lowest BCUT2D eigenvalue weighted by Gasteiger charge is -2.13. The lowest BCUT2D eigenvalue weighted by Crippen LogP contribution is -2.11. The number of hydrogen-bond donors (Lipinski definition) is 1. The number of aliphatic hydroxyl groups excluding tert-OH is 1. The van der Waals surface area contributed by atoms with Gasteiger partial charge in [0.1, 0.15) is 0 Å². The van der Waals surface area contributed by atoms with Gasteiger partial charge in [-0.05, 0) is 0 Å². The van der Waals surface area contributed by atoms with Gasteiger partial charge in [-0.1, -0.05) is 13.0 Å². The molecule has 0 aliphatic carbocycles. The first-order chi connectivity index (χ1) is 4.16. The van der Waals surface area contributed by atoms with E-state index in [1.807, 2.05) is 13.0 Å². The Hall–Kier alpha value is -0.340. The van der Waals surface area contributed by atoms with Crippen molar-refractivity contribution in [3.8, 4) is 0 Å². The van der Waals surface area contributed by atoms with Crippen LogP contribution in [0.1, 0.15) is 13.3 Å². The van der Waals surface area contributed by atoms with E-state index in [0.29, 0.717) is 13.0 Å². The third-order valence-corrected chi connectivity index (χ3v) is 1.74. The Kier molecular flexibility index (Phi) is 1.60. The van der Waals surface area contributed by atoms with E-state index < -0.39 is 6.29 Å². The molecule has 1 saturated heterocycles. The van der Waals surface area contributed by atoms with Crippen LogP contribution in [0.4, 0.5) is 0 Å². The van der Waals surface area contributed by atoms with Crippen LogP contribution in [-0.2, 0) is 4.74 Å². The van der Waals surface area contributed by atoms with Crippen molar-refractivity contribution in [3.63, 3.8) is 0 Å². The highest BCUT2D eigenvalue weighted by atomic mass is 16.6. The minimum atomic E-state index is -0.576. The summed E-state index contributed by atoms with van der Waals surface area (Å²) >= 11 is 0. The molecule has 52 valence electrons. The zero-order valence-electron chi connectivity index (χ0n) is 5.63. The van der Waals surface area contributed by atoms with Gasteiger partial charge in [0.2, 0.25) is 0 Å². The van der Waals surface area contributed by atoms with Crippen LogP contribution < -0.4 is 0 Å². The zero-order valence-corrected chi connectivity index (χ0v) is 5.63. The van der Waals surface area contributed by atoms with Crippen LogP contribution in [0.2, 0.25) is 0 Å². The molecular weight excluding hydrogens is 116 g/mol. The minimum absolute atomic E-state index is 0.000579. The summed E-state index contributed by atoms with van der Waals surface area (Å²) < 4.78 is 4.94. The van der Waals surface area contributed by atoms with Gasteiger partial charge in [-0.3, -0.25) is 0 Å². The number of aliphatic hydroxyl groups is 1. The summed E-state index contributed by atoms with van der Waals surface area (Å²) in [6.45, 7) is 6.28. The fourth-order valence-electron chi connectivity index (χ4n) is 0.946. The molecule has 2 atom stereocenters. The Morgan fingerprint density at radius 2 is 2.56 bits per heavy atom.